The molecule has 2 aromatic carbocycles. The van der Waals surface area contributed by atoms with Crippen molar-refractivity contribution in [2.24, 2.45) is 5.92 Å². The van der Waals surface area contributed by atoms with Gasteiger partial charge in [0.1, 0.15) is 11.5 Å². The van der Waals surface area contributed by atoms with Gasteiger partial charge in [0.2, 0.25) is 0 Å². The highest BCUT2D eigenvalue weighted by Crippen LogP contribution is 2.22. The molecule has 1 N–H and O–H groups in total. The quantitative estimate of drug-likeness (QED) is 0.657. The number of rotatable bonds is 7. The van der Waals surface area contributed by atoms with E-state index in [1.165, 1.54) is 7.11 Å². The van der Waals surface area contributed by atoms with Gasteiger partial charge in [-0.25, -0.2) is 4.98 Å². The molecule has 3 aromatic rings. The number of nitrogens with zero attached hydrogens (tertiary/aromatic N) is 2. The smallest absolute Gasteiger partial charge is 0.313 e. The molecule has 1 heterocycles. The second-order valence-corrected chi connectivity index (χ2v) is 6.86. The lowest BCUT2D eigenvalue weighted by atomic mass is 10.2. The zero-order chi connectivity index (χ0) is 20.8. The molecule has 7 heteroatoms. The van der Waals surface area contributed by atoms with Crippen LogP contribution in [0.5, 0.6) is 17.4 Å². The Morgan fingerprint density at radius 1 is 1.14 bits per heavy atom. The number of nitrogens with one attached hydrogen (secondary N) is 1. The normalized spacial score (nSPS) is 10.6. The number of carbonyl (C=O) groups is 1. The van der Waals surface area contributed by atoms with Crippen molar-refractivity contribution in [2.75, 3.05) is 12.4 Å². The van der Waals surface area contributed by atoms with E-state index >= 15 is 0 Å². The Morgan fingerprint density at radius 2 is 1.86 bits per heavy atom. The molecule has 7 nitrogen and oxygen atoms in total. The summed E-state index contributed by atoms with van der Waals surface area (Å²) in [5.41, 5.74) is 0.746. The summed E-state index contributed by atoms with van der Waals surface area (Å²) in [6.45, 7) is 4.66. The molecule has 0 atom stereocenters. The van der Waals surface area contributed by atoms with Crippen LogP contribution in [-0.4, -0.2) is 22.6 Å². The summed E-state index contributed by atoms with van der Waals surface area (Å²) in [6, 6.07) is 13.7. The van der Waals surface area contributed by atoms with Crippen molar-refractivity contribution in [1.29, 1.82) is 0 Å². The van der Waals surface area contributed by atoms with Gasteiger partial charge >= 0.3 is 5.56 Å². The van der Waals surface area contributed by atoms with Gasteiger partial charge in [0.15, 0.2) is 0 Å². The van der Waals surface area contributed by atoms with E-state index in [4.69, 9.17) is 9.47 Å². The van der Waals surface area contributed by atoms with Crippen LogP contribution >= 0.6 is 0 Å². The van der Waals surface area contributed by atoms with Crippen LogP contribution in [0.15, 0.2) is 65.7 Å². The number of benzene rings is 2. The summed E-state index contributed by atoms with van der Waals surface area (Å²) < 4.78 is 12.4. The molecule has 1 aromatic heterocycles. The Balaban J connectivity index is 1.71. The molecular formula is C22H23N3O4. The first kappa shape index (κ1) is 20.1. The summed E-state index contributed by atoms with van der Waals surface area (Å²) in [6.07, 6.45) is 3.19. The predicted molar refractivity (Wildman–Crippen MR) is 111 cm³/mol. The maximum Gasteiger partial charge on any atom is 0.313 e. The molecule has 0 bridgehead atoms. The summed E-state index contributed by atoms with van der Waals surface area (Å²) in [5.74, 6) is 1.01. The Kier molecular flexibility index (Phi) is 6.29. The largest absolute Gasteiger partial charge is 0.496 e. The molecule has 0 aliphatic carbocycles. The molecule has 0 unspecified atom stereocenters. The average molecular weight is 393 g/mol. The average Bonchev–Trinajstić information content (AvgIpc) is 2.72. The minimum Gasteiger partial charge on any atom is -0.496 e. The van der Waals surface area contributed by atoms with Crippen LogP contribution in [0.1, 0.15) is 24.2 Å². The molecule has 0 saturated carbocycles. The third-order valence-electron chi connectivity index (χ3n) is 4.12. The van der Waals surface area contributed by atoms with Crippen molar-refractivity contribution in [3.05, 3.63) is 76.8 Å². The van der Waals surface area contributed by atoms with Crippen LogP contribution in [0, 0.1) is 5.92 Å². The molecule has 0 saturated heterocycles. The first-order chi connectivity index (χ1) is 14.0. The van der Waals surface area contributed by atoms with Gasteiger partial charge in [0, 0.05) is 24.6 Å². The Morgan fingerprint density at radius 3 is 2.55 bits per heavy atom. The van der Waals surface area contributed by atoms with E-state index in [0.29, 0.717) is 35.2 Å². The van der Waals surface area contributed by atoms with Crippen LogP contribution in [0.4, 0.5) is 5.69 Å². The fraction of sp³-hybridized carbons (Fsp3) is 0.227. The number of ether oxygens (including phenoxy) is 2. The van der Waals surface area contributed by atoms with Crippen molar-refractivity contribution < 1.29 is 14.3 Å². The van der Waals surface area contributed by atoms with Crippen LogP contribution < -0.4 is 20.3 Å². The first-order valence-electron chi connectivity index (χ1n) is 9.25. The first-order valence-corrected chi connectivity index (χ1v) is 9.25. The molecule has 150 valence electrons. The van der Waals surface area contributed by atoms with E-state index in [1.54, 1.807) is 65.5 Å². The lowest BCUT2D eigenvalue weighted by molar-refractivity contribution is 0.102. The Labute approximate surface area is 168 Å². The predicted octanol–water partition coefficient (Wildman–Crippen LogP) is 3.95. The maximum atomic E-state index is 12.5. The Hall–Kier alpha value is -3.61. The number of anilines is 1. The minimum absolute atomic E-state index is 0.0129. The van der Waals surface area contributed by atoms with Crippen LogP contribution in [0.3, 0.4) is 0 Å². The summed E-state index contributed by atoms with van der Waals surface area (Å²) in [5, 5.41) is 2.81. The van der Waals surface area contributed by atoms with Gasteiger partial charge in [-0.3, -0.25) is 9.59 Å². The maximum absolute atomic E-state index is 12.5. The summed E-state index contributed by atoms with van der Waals surface area (Å²) in [4.78, 5) is 28.9. The molecule has 29 heavy (non-hydrogen) atoms. The highest BCUT2D eigenvalue weighted by molar-refractivity contribution is 6.06. The molecule has 0 spiro atoms. The van der Waals surface area contributed by atoms with Crippen molar-refractivity contribution in [2.45, 2.75) is 20.4 Å². The molecule has 0 aliphatic heterocycles. The number of aromatic nitrogens is 2. The van der Waals surface area contributed by atoms with Crippen molar-refractivity contribution >= 4 is 11.6 Å². The SMILES string of the molecule is COc1ccccc1C(=O)Nc1ccc(Oc2nccn(CC(C)C)c2=O)cc1. The molecule has 3 rings (SSSR count). The molecule has 1 amide bonds. The standard InChI is InChI=1S/C22H23N3O4/c1-15(2)14-25-13-12-23-21(22(25)27)29-17-10-8-16(9-11-17)24-20(26)18-6-4-5-7-19(18)28-3/h4-13,15H,14H2,1-3H3,(H,24,26). The zero-order valence-electron chi connectivity index (χ0n) is 16.6. The van der Waals surface area contributed by atoms with E-state index in [9.17, 15) is 9.59 Å². The highest BCUT2D eigenvalue weighted by atomic mass is 16.5. The van der Waals surface area contributed by atoms with Crippen molar-refractivity contribution in [1.82, 2.24) is 9.55 Å². The highest BCUT2D eigenvalue weighted by Gasteiger charge is 2.12. The number of para-hydroxylation sites is 1. The number of amides is 1. The van der Waals surface area contributed by atoms with Gasteiger partial charge < -0.3 is 19.4 Å². The van der Waals surface area contributed by atoms with Crippen LogP contribution in [0.25, 0.3) is 0 Å². The second-order valence-electron chi connectivity index (χ2n) is 6.86. The summed E-state index contributed by atoms with van der Waals surface area (Å²) >= 11 is 0. The third-order valence-corrected chi connectivity index (χ3v) is 4.12. The lowest BCUT2D eigenvalue weighted by Gasteiger charge is -2.11. The van der Waals surface area contributed by atoms with Gasteiger partial charge in [-0.15, -0.1) is 0 Å². The number of carbonyl (C=O) groups excluding carboxylic acids is 1. The Bertz CT molecular complexity index is 1040. The fourth-order valence-corrected chi connectivity index (χ4v) is 2.78. The zero-order valence-corrected chi connectivity index (χ0v) is 16.6. The van der Waals surface area contributed by atoms with Crippen LogP contribution in [-0.2, 0) is 6.54 Å². The number of methoxy groups -OCH3 is 1. The fourth-order valence-electron chi connectivity index (χ4n) is 2.78. The van der Waals surface area contributed by atoms with E-state index in [1.807, 2.05) is 13.8 Å². The van der Waals surface area contributed by atoms with Crippen molar-refractivity contribution in [3.8, 4) is 17.4 Å². The van der Waals surface area contributed by atoms with E-state index < -0.39 is 0 Å². The van der Waals surface area contributed by atoms with Gasteiger partial charge in [0.05, 0.1) is 12.7 Å². The van der Waals surface area contributed by atoms with Gasteiger partial charge in [-0.1, -0.05) is 26.0 Å². The minimum atomic E-state index is -0.283. The van der Waals surface area contributed by atoms with Crippen LogP contribution in [0.2, 0.25) is 0 Å². The molecule has 0 radical (unpaired) electrons. The molecule has 0 aliphatic rings. The topological polar surface area (TPSA) is 82.4 Å². The van der Waals surface area contributed by atoms with E-state index in [2.05, 4.69) is 10.3 Å². The molecular weight excluding hydrogens is 370 g/mol. The second kappa shape index (κ2) is 9.05. The monoisotopic (exact) mass is 393 g/mol. The van der Waals surface area contributed by atoms with Gasteiger partial charge in [-0.05, 0) is 42.3 Å². The van der Waals surface area contributed by atoms with Gasteiger partial charge in [-0.2, -0.15) is 0 Å². The van der Waals surface area contributed by atoms with E-state index in [-0.39, 0.29) is 17.3 Å². The number of hydrogen-bond donors (Lipinski definition) is 1. The third kappa shape index (κ3) is 5.01. The van der Waals surface area contributed by atoms with Gasteiger partial charge in [0.25, 0.3) is 11.8 Å². The summed E-state index contributed by atoms with van der Waals surface area (Å²) in [7, 11) is 1.52. The number of hydrogen-bond acceptors (Lipinski definition) is 5. The lowest BCUT2D eigenvalue weighted by Crippen LogP contribution is -2.23. The molecule has 0 fully saturated rings. The van der Waals surface area contributed by atoms with E-state index in [0.717, 1.165) is 0 Å². The van der Waals surface area contributed by atoms with Crippen molar-refractivity contribution in [3.63, 3.8) is 0 Å².